The summed E-state index contributed by atoms with van der Waals surface area (Å²) in [7, 11) is 0. The van der Waals surface area contributed by atoms with Crippen molar-refractivity contribution < 1.29 is 4.79 Å². The van der Waals surface area contributed by atoms with E-state index < -0.39 is 0 Å². The van der Waals surface area contributed by atoms with Crippen molar-refractivity contribution >= 4 is 11.6 Å². The summed E-state index contributed by atoms with van der Waals surface area (Å²) in [6.45, 7) is 6.99. The Bertz CT molecular complexity index is 413. The minimum Gasteiger partial charge on any atom is -0.325 e. The third-order valence-corrected chi connectivity index (χ3v) is 3.75. The highest BCUT2D eigenvalue weighted by atomic mass is 16.2. The molecular weight excluding hydrogens is 236 g/mol. The van der Waals surface area contributed by atoms with Crippen LogP contribution in [0.1, 0.15) is 32.3 Å². The summed E-state index contributed by atoms with van der Waals surface area (Å²) in [4.78, 5) is 14.2. The fourth-order valence-corrected chi connectivity index (χ4v) is 2.66. The molecule has 1 aromatic carbocycles. The van der Waals surface area contributed by atoms with Crippen molar-refractivity contribution in [2.45, 2.75) is 33.1 Å². The van der Waals surface area contributed by atoms with Gasteiger partial charge in [-0.15, -0.1) is 0 Å². The van der Waals surface area contributed by atoms with Gasteiger partial charge in [-0.3, -0.25) is 9.69 Å². The molecule has 1 saturated heterocycles. The zero-order valence-corrected chi connectivity index (χ0v) is 12.0. The summed E-state index contributed by atoms with van der Waals surface area (Å²) in [5.74, 6) is 0.809. The van der Waals surface area contributed by atoms with E-state index in [1.54, 1.807) is 0 Å². The number of piperidine rings is 1. The highest BCUT2D eigenvalue weighted by Gasteiger charge is 2.18. The van der Waals surface area contributed by atoms with E-state index in [0.717, 1.165) is 25.2 Å². The van der Waals surface area contributed by atoms with Crippen molar-refractivity contribution in [2.24, 2.45) is 5.92 Å². The number of hydrogen-bond acceptors (Lipinski definition) is 2. The minimum atomic E-state index is 0.0957. The molecule has 0 spiro atoms. The van der Waals surface area contributed by atoms with E-state index in [9.17, 15) is 4.79 Å². The number of rotatable bonds is 4. The van der Waals surface area contributed by atoms with Crippen LogP contribution < -0.4 is 5.32 Å². The van der Waals surface area contributed by atoms with Crippen LogP contribution in [0, 0.1) is 5.92 Å². The van der Waals surface area contributed by atoms with Crippen LogP contribution in [0.4, 0.5) is 5.69 Å². The highest BCUT2D eigenvalue weighted by Crippen LogP contribution is 2.15. The molecule has 0 aromatic heterocycles. The first kappa shape index (κ1) is 14.1. The second-order valence-electron chi connectivity index (χ2n) is 5.58. The largest absolute Gasteiger partial charge is 0.325 e. The summed E-state index contributed by atoms with van der Waals surface area (Å²) >= 11 is 0. The predicted octanol–water partition coefficient (Wildman–Crippen LogP) is 2.92. The van der Waals surface area contributed by atoms with Gasteiger partial charge >= 0.3 is 0 Å². The maximum atomic E-state index is 12.0. The summed E-state index contributed by atoms with van der Waals surface area (Å²) in [6, 6.07) is 8.10. The van der Waals surface area contributed by atoms with Gasteiger partial charge in [-0.25, -0.2) is 0 Å². The Morgan fingerprint density at radius 2 is 2.11 bits per heavy atom. The van der Waals surface area contributed by atoms with E-state index >= 15 is 0 Å². The number of nitrogens with one attached hydrogen (secondary N) is 1. The average molecular weight is 260 g/mol. The normalized spacial score (nSPS) is 20.2. The first-order valence-electron chi connectivity index (χ1n) is 7.28. The van der Waals surface area contributed by atoms with E-state index in [2.05, 4.69) is 36.2 Å². The molecule has 104 valence electrons. The molecule has 1 heterocycles. The molecule has 1 aliphatic rings. The van der Waals surface area contributed by atoms with Crippen molar-refractivity contribution in [3.63, 3.8) is 0 Å². The minimum absolute atomic E-state index is 0.0957. The van der Waals surface area contributed by atoms with Crippen LogP contribution in [0.25, 0.3) is 0 Å². The summed E-state index contributed by atoms with van der Waals surface area (Å²) < 4.78 is 0. The van der Waals surface area contributed by atoms with Gasteiger partial charge in [-0.1, -0.05) is 26.0 Å². The average Bonchev–Trinajstić information content (AvgIpc) is 2.39. The fraction of sp³-hybridized carbons (Fsp3) is 0.562. The van der Waals surface area contributed by atoms with Gasteiger partial charge in [0.1, 0.15) is 0 Å². The van der Waals surface area contributed by atoms with E-state index in [-0.39, 0.29) is 5.91 Å². The Balaban J connectivity index is 1.83. The number of anilines is 1. The number of hydrogen-bond donors (Lipinski definition) is 1. The first-order chi connectivity index (χ1) is 9.17. The standard InChI is InChI=1S/C16H24N2O/c1-3-14-6-8-15(9-7-14)17-16(19)12-18-10-4-5-13(2)11-18/h6-9,13H,3-5,10-12H2,1-2H3,(H,17,19)/t13-/m1/s1. The molecule has 1 N–H and O–H groups in total. The molecule has 0 bridgehead atoms. The van der Waals surface area contributed by atoms with E-state index in [1.807, 2.05) is 12.1 Å². The van der Waals surface area contributed by atoms with Crippen LogP contribution in [-0.2, 0) is 11.2 Å². The van der Waals surface area contributed by atoms with Gasteiger partial charge in [-0.05, 0) is 49.4 Å². The first-order valence-corrected chi connectivity index (χ1v) is 7.28. The number of aryl methyl sites for hydroxylation is 1. The third kappa shape index (κ3) is 4.35. The van der Waals surface area contributed by atoms with Crippen LogP contribution in [-0.4, -0.2) is 30.4 Å². The van der Waals surface area contributed by atoms with Gasteiger partial charge in [0.15, 0.2) is 0 Å². The SMILES string of the molecule is CCc1ccc(NC(=O)CN2CCC[C@@H](C)C2)cc1. The van der Waals surface area contributed by atoms with Gasteiger partial charge in [0.25, 0.3) is 0 Å². The molecule has 1 aromatic rings. The van der Waals surface area contributed by atoms with Crippen molar-refractivity contribution in [2.75, 3.05) is 25.0 Å². The number of carbonyl (C=O) groups excluding carboxylic acids is 1. The van der Waals surface area contributed by atoms with Gasteiger partial charge in [0.05, 0.1) is 6.54 Å². The third-order valence-electron chi connectivity index (χ3n) is 3.75. The maximum Gasteiger partial charge on any atom is 0.238 e. The summed E-state index contributed by atoms with van der Waals surface area (Å²) in [6.07, 6.45) is 3.52. The van der Waals surface area contributed by atoms with Crippen molar-refractivity contribution in [3.05, 3.63) is 29.8 Å². The lowest BCUT2D eigenvalue weighted by Gasteiger charge is -2.30. The zero-order chi connectivity index (χ0) is 13.7. The number of amides is 1. The van der Waals surface area contributed by atoms with Crippen LogP contribution in [0.2, 0.25) is 0 Å². The van der Waals surface area contributed by atoms with Gasteiger partial charge in [0.2, 0.25) is 5.91 Å². The Labute approximate surface area is 116 Å². The van der Waals surface area contributed by atoms with Gasteiger partial charge in [-0.2, -0.15) is 0 Å². The molecule has 1 amide bonds. The van der Waals surface area contributed by atoms with E-state index in [1.165, 1.54) is 18.4 Å². The van der Waals surface area contributed by atoms with Crippen molar-refractivity contribution in [3.8, 4) is 0 Å². The Morgan fingerprint density at radius 3 is 2.74 bits per heavy atom. The Kier molecular flexibility index (Phi) is 4.97. The summed E-state index contributed by atoms with van der Waals surface area (Å²) in [5, 5.41) is 2.97. The molecule has 3 heteroatoms. The second kappa shape index (κ2) is 6.71. The lowest BCUT2D eigenvalue weighted by atomic mass is 10.0. The smallest absolute Gasteiger partial charge is 0.238 e. The van der Waals surface area contributed by atoms with Gasteiger partial charge in [0, 0.05) is 12.2 Å². The van der Waals surface area contributed by atoms with Crippen molar-refractivity contribution in [1.29, 1.82) is 0 Å². The molecule has 2 rings (SSSR count). The number of benzene rings is 1. The zero-order valence-electron chi connectivity index (χ0n) is 12.0. The Hall–Kier alpha value is -1.35. The monoisotopic (exact) mass is 260 g/mol. The predicted molar refractivity (Wildman–Crippen MR) is 79.3 cm³/mol. The molecule has 3 nitrogen and oxygen atoms in total. The number of likely N-dealkylation sites (tertiary alicyclic amines) is 1. The Morgan fingerprint density at radius 1 is 1.37 bits per heavy atom. The molecule has 0 aliphatic carbocycles. The molecular formula is C16H24N2O. The lowest BCUT2D eigenvalue weighted by Crippen LogP contribution is -2.39. The topological polar surface area (TPSA) is 32.3 Å². The molecule has 1 aliphatic heterocycles. The summed E-state index contributed by atoms with van der Waals surface area (Å²) in [5.41, 5.74) is 2.19. The molecule has 1 fully saturated rings. The quantitative estimate of drug-likeness (QED) is 0.902. The molecule has 19 heavy (non-hydrogen) atoms. The molecule has 0 unspecified atom stereocenters. The maximum absolute atomic E-state index is 12.0. The van der Waals surface area contributed by atoms with Crippen LogP contribution >= 0.6 is 0 Å². The van der Waals surface area contributed by atoms with E-state index in [0.29, 0.717) is 12.5 Å². The van der Waals surface area contributed by atoms with Crippen LogP contribution in [0.3, 0.4) is 0 Å². The van der Waals surface area contributed by atoms with Gasteiger partial charge < -0.3 is 5.32 Å². The van der Waals surface area contributed by atoms with E-state index in [4.69, 9.17) is 0 Å². The lowest BCUT2D eigenvalue weighted by molar-refractivity contribution is -0.117. The molecule has 0 saturated carbocycles. The van der Waals surface area contributed by atoms with Crippen LogP contribution in [0.5, 0.6) is 0 Å². The number of nitrogens with zero attached hydrogens (tertiary/aromatic N) is 1. The molecule has 1 atom stereocenters. The fourth-order valence-electron chi connectivity index (χ4n) is 2.66. The second-order valence-corrected chi connectivity index (χ2v) is 5.58. The highest BCUT2D eigenvalue weighted by molar-refractivity contribution is 5.92. The van der Waals surface area contributed by atoms with Crippen molar-refractivity contribution in [1.82, 2.24) is 4.90 Å². The molecule has 0 radical (unpaired) electrons. The van der Waals surface area contributed by atoms with Crippen LogP contribution in [0.15, 0.2) is 24.3 Å². The number of carbonyl (C=O) groups is 1.